The third kappa shape index (κ3) is 6.40. The normalized spacial score (nSPS) is 14.7. The lowest BCUT2D eigenvalue weighted by molar-refractivity contribution is -0.170. The van der Waals surface area contributed by atoms with Gasteiger partial charge in [0.1, 0.15) is 12.7 Å². The van der Waals surface area contributed by atoms with Crippen LogP contribution < -0.4 is 0 Å². The molecule has 0 aromatic carbocycles. The maximum absolute atomic E-state index is 12.7. The molecular weight excluding hydrogens is 334 g/mol. The van der Waals surface area contributed by atoms with Crippen molar-refractivity contribution in [2.45, 2.75) is 60.2 Å². The number of rotatable bonds is 10. The maximum Gasteiger partial charge on any atom is 0.333 e. The predicted octanol–water partition coefficient (Wildman–Crippen LogP) is 2.65. The number of carbonyl (C=O) groups excluding carboxylic acids is 2. The fraction of sp³-hybridized carbons (Fsp3) is 0.800. The summed E-state index contributed by atoms with van der Waals surface area (Å²) >= 11 is 0. The largest absolute Gasteiger partial charge is 0.460 e. The van der Waals surface area contributed by atoms with Crippen LogP contribution in [-0.4, -0.2) is 60.9 Å². The van der Waals surface area contributed by atoms with Crippen molar-refractivity contribution in [1.82, 2.24) is 4.90 Å². The number of ether oxygens (including phenoxy) is 2. The van der Waals surface area contributed by atoms with E-state index in [1.807, 2.05) is 41.5 Å². The minimum absolute atomic E-state index is 0.000864. The van der Waals surface area contributed by atoms with Crippen LogP contribution in [0.1, 0.15) is 48.5 Å². The van der Waals surface area contributed by atoms with E-state index in [0.29, 0.717) is 0 Å². The first kappa shape index (κ1) is 24.6. The van der Waals surface area contributed by atoms with E-state index >= 15 is 0 Å². The molecule has 0 rings (SSSR count). The topological polar surface area (TPSA) is 76.1 Å². The van der Waals surface area contributed by atoms with Crippen LogP contribution in [0.25, 0.3) is 0 Å². The van der Waals surface area contributed by atoms with Crippen molar-refractivity contribution < 1.29 is 24.2 Å². The highest BCUT2D eigenvalue weighted by Crippen LogP contribution is 2.44. The van der Waals surface area contributed by atoms with Crippen molar-refractivity contribution in [3.05, 3.63) is 12.2 Å². The standard InChI is InChI=1S/C20H37NO5/c1-13(2)16(17(23)21(9)10)19(5,6)20(7,8)26-12-15(22)11-25-18(24)14(3)4/h13,15-16,22H,3,11-12H2,1-2,4-10H3. The fourth-order valence-electron chi connectivity index (χ4n) is 2.91. The van der Waals surface area contributed by atoms with E-state index in [4.69, 9.17) is 9.47 Å². The molecule has 0 fully saturated rings. The van der Waals surface area contributed by atoms with E-state index in [2.05, 4.69) is 6.58 Å². The Morgan fingerprint density at radius 3 is 2.00 bits per heavy atom. The molecule has 0 aromatic rings. The summed E-state index contributed by atoms with van der Waals surface area (Å²) in [5.41, 5.74) is -0.898. The minimum Gasteiger partial charge on any atom is -0.460 e. The molecule has 0 aliphatic carbocycles. The van der Waals surface area contributed by atoms with Gasteiger partial charge < -0.3 is 19.5 Å². The second-order valence-electron chi connectivity index (χ2n) is 8.53. The van der Waals surface area contributed by atoms with Crippen LogP contribution in [0.2, 0.25) is 0 Å². The third-order valence-electron chi connectivity index (χ3n) is 5.09. The third-order valence-corrected chi connectivity index (χ3v) is 5.09. The van der Waals surface area contributed by atoms with E-state index in [1.165, 1.54) is 0 Å². The van der Waals surface area contributed by atoms with Crippen LogP contribution in [0.5, 0.6) is 0 Å². The van der Waals surface area contributed by atoms with E-state index in [-0.39, 0.29) is 36.5 Å². The van der Waals surface area contributed by atoms with Gasteiger partial charge in [-0.15, -0.1) is 0 Å². The Bertz CT molecular complexity index is 508. The number of hydrogen-bond acceptors (Lipinski definition) is 5. The number of aliphatic hydroxyl groups is 1. The molecular formula is C20H37NO5. The molecule has 0 heterocycles. The monoisotopic (exact) mass is 371 g/mol. The molecule has 0 bridgehead atoms. The van der Waals surface area contributed by atoms with Crippen molar-refractivity contribution in [3.63, 3.8) is 0 Å². The number of nitrogens with zero attached hydrogens (tertiary/aromatic N) is 1. The first-order valence-corrected chi connectivity index (χ1v) is 9.01. The molecule has 6 nitrogen and oxygen atoms in total. The summed E-state index contributed by atoms with van der Waals surface area (Å²) in [6, 6.07) is 0. The van der Waals surface area contributed by atoms with Crippen molar-refractivity contribution in [3.8, 4) is 0 Å². The highest BCUT2D eigenvalue weighted by molar-refractivity contribution is 5.86. The Balaban J connectivity index is 5.07. The molecule has 0 spiro atoms. The maximum atomic E-state index is 12.7. The number of esters is 1. The Labute approximate surface area is 158 Å². The molecule has 0 radical (unpaired) electrons. The summed E-state index contributed by atoms with van der Waals surface area (Å²) in [4.78, 5) is 25.7. The first-order chi connectivity index (χ1) is 11.6. The molecule has 0 saturated heterocycles. The van der Waals surface area contributed by atoms with Crippen LogP contribution in [0.4, 0.5) is 0 Å². The average molecular weight is 372 g/mol. The summed E-state index contributed by atoms with van der Waals surface area (Å²) in [6.07, 6.45) is -0.949. The second-order valence-corrected chi connectivity index (χ2v) is 8.53. The SMILES string of the molecule is C=C(C)C(=O)OCC(O)COC(C)(C)C(C)(C)C(C(=O)N(C)C)C(C)C. The Kier molecular flexibility index (Phi) is 9.00. The van der Waals surface area contributed by atoms with Crippen LogP contribution in [0, 0.1) is 17.3 Å². The van der Waals surface area contributed by atoms with Gasteiger partial charge in [0.25, 0.3) is 0 Å². The van der Waals surface area contributed by atoms with Crippen molar-refractivity contribution in [2.75, 3.05) is 27.3 Å². The van der Waals surface area contributed by atoms with Crippen molar-refractivity contribution in [2.24, 2.45) is 17.3 Å². The van der Waals surface area contributed by atoms with Gasteiger partial charge in [0.05, 0.1) is 12.2 Å². The van der Waals surface area contributed by atoms with Crippen molar-refractivity contribution in [1.29, 1.82) is 0 Å². The summed E-state index contributed by atoms with van der Waals surface area (Å²) in [5, 5.41) is 10.0. The zero-order valence-corrected chi connectivity index (χ0v) is 17.9. The summed E-state index contributed by atoms with van der Waals surface area (Å²) < 4.78 is 10.9. The Morgan fingerprint density at radius 1 is 1.12 bits per heavy atom. The molecule has 26 heavy (non-hydrogen) atoms. The molecule has 6 heteroatoms. The summed E-state index contributed by atoms with van der Waals surface area (Å²) in [7, 11) is 3.50. The van der Waals surface area contributed by atoms with E-state index in [9.17, 15) is 14.7 Å². The first-order valence-electron chi connectivity index (χ1n) is 9.01. The Hall–Kier alpha value is -1.40. The highest BCUT2D eigenvalue weighted by atomic mass is 16.6. The van der Waals surface area contributed by atoms with Gasteiger partial charge in [0, 0.05) is 31.0 Å². The lowest BCUT2D eigenvalue weighted by atomic mass is 9.63. The zero-order valence-electron chi connectivity index (χ0n) is 17.9. The predicted molar refractivity (Wildman–Crippen MR) is 103 cm³/mol. The molecule has 0 aliphatic heterocycles. The Morgan fingerprint density at radius 2 is 1.62 bits per heavy atom. The summed E-state index contributed by atoms with van der Waals surface area (Å²) in [6.45, 7) is 16.8. The number of amides is 1. The van der Waals surface area contributed by atoms with E-state index in [0.717, 1.165) is 0 Å². The van der Waals surface area contributed by atoms with Gasteiger partial charge in [0.2, 0.25) is 5.91 Å². The van der Waals surface area contributed by atoms with Gasteiger partial charge in [-0.1, -0.05) is 34.3 Å². The summed E-state index contributed by atoms with van der Waals surface area (Å²) in [5.74, 6) is -0.604. The quantitative estimate of drug-likeness (QED) is 0.472. The second kappa shape index (κ2) is 9.51. The van der Waals surface area contributed by atoms with Crippen molar-refractivity contribution >= 4 is 11.9 Å². The molecule has 2 unspecified atom stereocenters. The molecule has 1 amide bonds. The molecule has 2 atom stereocenters. The van der Waals surface area contributed by atoms with Crippen LogP contribution in [0.3, 0.4) is 0 Å². The van der Waals surface area contributed by atoms with Gasteiger partial charge in [0.15, 0.2) is 0 Å². The van der Waals surface area contributed by atoms with Crippen LogP contribution in [0.15, 0.2) is 12.2 Å². The van der Waals surface area contributed by atoms with Crippen LogP contribution >= 0.6 is 0 Å². The molecule has 1 N–H and O–H groups in total. The van der Waals surface area contributed by atoms with Gasteiger partial charge in [-0.3, -0.25) is 4.79 Å². The van der Waals surface area contributed by atoms with Gasteiger partial charge in [-0.25, -0.2) is 4.79 Å². The molecule has 0 aliphatic rings. The van der Waals surface area contributed by atoms with Gasteiger partial charge in [-0.05, 0) is 26.7 Å². The van der Waals surface area contributed by atoms with E-state index in [1.54, 1.807) is 25.9 Å². The molecule has 152 valence electrons. The average Bonchev–Trinajstić information content (AvgIpc) is 2.49. The highest BCUT2D eigenvalue weighted by Gasteiger charge is 2.49. The lowest BCUT2D eigenvalue weighted by Gasteiger charge is -2.48. The number of hydrogen-bond donors (Lipinski definition) is 1. The smallest absolute Gasteiger partial charge is 0.333 e. The van der Waals surface area contributed by atoms with E-state index < -0.39 is 23.1 Å². The van der Waals surface area contributed by atoms with Crippen LogP contribution in [-0.2, 0) is 19.1 Å². The van der Waals surface area contributed by atoms with Gasteiger partial charge in [-0.2, -0.15) is 0 Å². The fourth-order valence-corrected chi connectivity index (χ4v) is 2.91. The number of carbonyl (C=O) groups is 2. The molecule has 0 saturated carbocycles. The van der Waals surface area contributed by atoms with Gasteiger partial charge >= 0.3 is 5.97 Å². The molecule has 0 aromatic heterocycles. The zero-order chi connectivity index (χ0) is 20.9. The number of aliphatic hydroxyl groups excluding tert-OH is 1. The lowest BCUT2D eigenvalue weighted by Crippen LogP contribution is -2.53. The minimum atomic E-state index is -0.949.